The Morgan fingerprint density at radius 3 is 0.952 bits per heavy atom. The van der Waals surface area contributed by atoms with E-state index in [9.17, 15) is 0 Å². The van der Waals surface area contributed by atoms with Crippen LogP contribution in [0.5, 0.6) is 0 Å². The van der Waals surface area contributed by atoms with Gasteiger partial charge in [-0.15, -0.1) is 0 Å². The van der Waals surface area contributed by atoms with Crippen LogP contribution in [0.4, 0.5) is 0 Å². The van der Waals surface area contributed by atoms with E-state index in [2.05, 4.69) is 97.6 Å². The predicted octanol–water partition coefficient (Wildman–Crippen LogP) is 2.34. The Labute approximate surface area is 133 Å². The number of hydrogen-bond acceptors (Lipinski definition) is 1. The van der Waals surface area contributed by atoms with E-state index in [-0.39, 0.29) is 0 Å². The summed E-state index contributed by atoms with van der Waals surface area (Å²) < 4.78 is 4.51. The average Bonchev–Trinajstić information content (AvgIpc) is 2.60. The van der Waals surface area contributed by atoms with Gasteiger partial charge in [-0.25, -0.2) is 5.26 Å². The Balaban J connectivity index is 0.000000774. The van der Waals surface area contributed by atoms with Crippen LogP contribution >= 0.6 is 0 Å². The molecule has 3 rings (SSSR count). The van der Waals surface area contributed by atoms with Gasteiger partial charge in [-0.05, 0) is 0 Å². The Hall–Kier alpha value is -2.06. The molecule has 0 aliphatic heterocycles. The van der Waals surface area contributed by atoms with E-state index < -0.39 is 19.6 Å². The van der Waals surface area contributed by atoms with Crippen LogP contribution in [-0.2, 0) is 0 Å². The van der Waals surface area contributed by atoms with Gasteiger partial charge in [0.1, 0.15) is 0 Å². The normalized spacial score (nSPS) is 9.67. The van der Waals surface area contributed by atoms with Crippen molar-refractivity contribution in [2.45, 2.75) is 0 Å². The van der Waals surface area contributed by atoms with Crippen LogP contribution in [0.25, 0.3) is 0 Å². The molecule has 0 aliphatic rings. The molecule has 0 saturated heterocycles. The average molecular weight is 386 g/mol. The van der Waals surface area contributed by atoms with Gasteiger partial charge < -0.3 is 0 Å². The molecule has 0 spiro atoms. The molecule has 0 aromatic heterocycles. The van der Waals surface area contributed by atoms with Gasteiger partial charge in [-0.2, -0.15) is 0 Å². The number of hydrogen-bond donors (Lipinski definition) is 0. The first kappa shape index (κ1) is 15.3. The third-order valence-corrected chi connectivity index (χ3v) is 9.30. The van der Waals surface area contributed by atoms with Crippen molar-refractivity contribution in [3.63, 3.8) is 0 Å². The zero-order valence-corrected chi connectivity index (χ0v) is 13.9. The second kappa shape index (κ2) is 8.28. The van der Waals surface area contributed by atoms with Gasteiger partial charge in [-0.1, -0.05) is 0 Å². The molecule has 0 atom stereocenters. The molecule has 0 unspecified atom stereocenters. The Morgan fingerprint density at radius 2 is 0.714 bits per heavy atom. The number of nitriles is 1. The van der Waals surface area contributed by atoms with Crippen LogP contribution in [0, 0.1) is 11.8 Å². The van der Waals surface area contributed by atoms with Crippen LogP contribution in [0.2, 0.25) is 0 Å². The monoisotopic (exact) mass is 388 g/mol. The Morgan fingerprint density at radius 1 is 0.476 bits per heavy atom. The second-order valence-corrected chi connectivity index (χ2v) is 10.0. The third-order valence-electron chi connectivity index (χ3n) is 2.94. The molecule has 3 aromatic carbocycles. The zero-order valence-electron chi connectivity index (χ0n) is 11.6. The quantitative estimate of drug-likeness (QED) is 0.635. The van der Waals surface area contributed by atoms with Crippen LogP contribution in [0.1, 0.15) is 0 Å². The minimum atomic E-state index is -1.67. The van der Waals surface area contributed by atoms with E-state index >= 15 is 0 Å². The summed E-state index contributed by atoms with van der Waals surface area (Å²) in [6, 6.07) is 32.8. The van der Waals surface area contributed by atoms with Crippen molar-refractivity contribution in [1.82, 2.24) is 0 Å². The van der Waals surface area contributed by atoms with Crippen LogP contribution < -0.4 is 10.8 Å². The summed E-state index contributed by atoms with van der Waals surface area (Å²) in [5.74, 6) is 0. The molecule has 0 fully saturated rings. The minimum absolute atomic E-state index is 1.50. The van der Waals surface area contributed by atoms with Crippen molar-refractivity contribution in [2.75, 3.05) is 0 Å². The predicted molar refractivity (Wildman–Crippen MR) is 90.7 cm³/mol. The first-order valence-electron chi connectivity index (χ1n) is 6.60. The molecule has 2 heteroatoms. The van der Waals surface area contributed by atoms with E-state index in [1.54, 1.807) is 0 Å². The molecule has 3 aromatic rings. The number of nitrogens with zero attached hydrogens (tertiary/aromatic N) is 1. The topological polar surface area (TPSA) is 23.8 Å². The first-order chi connectivity index (χ1) is 10.4. The van der Waals surface area contributed by atoms with E-state index in [1.807, 2.05) is 0 Å². The summed E-state index contributed by atoms with van der Waals surface area (Å²) in [5, 5.41) is 6.50. The summed E-state index contributed by atoms with van der Waals surface area (Å²) in [6.07, 6.45) is 0. The van der Waals surface area contributed by atoms with Crippen LogP contribution in [0.15, 0.2) is 91.0 Å². The number of rotatable bonds is 3. The fourth-order valence-electron chi connectivity index (χ4n) is 2.08. The SMILES string of the molecule is C#N.c1ccc([Te+](c2ccccc2)c2ccccc2)cc1. The summed E-state index contributed by atoms with van der Waals surface area (Å²) >= 11 is -1.67. The molecular weight excluding hydrogens is 370 g/mol. The second-order valence-electron chi connectivity index (χ2n) is 4.25. The summed E-state index contributed by atoms with van der Waals surface area (Å²) in [5.41, 5.74) is 0. The molecule has 0 N–H and O–H groups in total. The molecule has 0 aliphatic carbocycles. The van der Waals surface area contributed by atoms with Crippen LogP contribution in [0.3, 0.4) is 0 Å². The van der Waals surface area contributed by atoms with Crippen molar-refractivity contribution in [2.24, 2.45) is 0 Å². The van der Waals surface area contributed by atoms with Gasteiger partial charge in [-0.3, -0.25) is 0 Å². The fourth-order valence-corrected chi connectivity index (χ4v) is 8.08. The van der Waals surface area contributed by atoms with Gasteiger partial charge in [0, 0.05) is 6.57 Å². The maximum absolute atomic E-state index is 6.50. The van der Waals surface area contributed by atoms with Crippen molar-refractivity contribution in [3.8, 4) is 6.57 Å². The van der Waals surface area contributed by atoms with Gasteiger partial charge in [0.2, 0.25) is 0 Å². The van der Waals surface area contributed by atoms with Crippen molar-refractivity contribution in [1.29, 1.82) is 5.26 Å². The van der Waals surface area contributed by atoms with Crippen LogP contribution in [-0.4, -0.2) is 19.6 Å². The van der Waals surface area contributed by atoms with Crippen molar-refractivity contribution in [3.05, 3.63) is 91.0 Å². The molecule has 0 amide bonds. The zero-order chi connectivity index (χ0) is 14.9. The Kier molecular flexibility index (Phi) is 6.04. The number of benzene rings is 3. The van der Waals surface area contributed by atoms with Crippen molar-refractivity contribution >= 4 is 30.4 Å². The van der Waals surface area contributed by atoms with Gasteiger partial charge in [0.15, 0.2) is 0 Å². The van der Waals surface area contributed by atoms with Crippen molar-refractivity contribution < 1.29 is 0 Å². The summed E-state index contributed by atoms with van der Waals surface area (Å²) in [7, 11) is 0. The molecule has 0 bridgehead atoms. The van der Waals surface area contributed by atoms with E-state index in [0.29, 0.717) is 0 Å². The molecule has 21 heavy (non-hydrogen) atoms. The molecule has 0 radical (unpaired) electrons. The van der Waals surface area contributed by atoms with Gasteiger partial charge in [0.25, 0.3) is 0 Å². The van der Waals surface area contributed by atoms with Gasteiger partial charge in [0.05, 0.1) is 0 Å². The molecule has 0 saturated carbocycles. The molecule has 1 nitrogen and oxygen atoms in total. The van der Waals surface area contributed by atoms with Gasteiger partial charge >= 0.3 is 121 Å². The molecule has 0 heterocycles. The first-order valence-corrected chi connectivity index (χ1v) is 10.1. The maximum atomic E-state index is 6.50. The van der Waals surface area contributed by atoms with E-state index in [1.165, 1.54) is 10.8 Å². The van der Waals surface area contributed by atoms with E-state index in [4.69, 9.17) is 5.26 Å². The Bertz CT molecular complexity index is 569. The van der Waals surface area contributed by atoms with E-state index in [0.717, 1.165) is 0 Å². The summed E-state index contributed by atoms with van der Waals surface area (Å²) in [6.45, 7) is 3.50. The molecular formula is C19H16NTe+. The third kappa shape index (κ3) is 3.96. The molecule has 102 valence electrons. The summed E-state index contributed by atoms with van der Waals surface area (Å²) in [4.78, 5) is 0. The standard InChI is InChI=1S/C18H15Te.CHN/c1-4-10-16(11-5-1)19(17-12-6-2-7-13-17)18-14-8-3-9-15-18;1-2/h1-15H;1H/q+1;. The fraction of sp³-hybridized carbons (Fsp3) is 0.